The number of aromatic nitrogens is 2. The van der Waals surface area contributed by atoms with E-state index in [1.165, 1.54) is 23.1 Å². The van der Waals surface area contributed by atoms with Gasteiger partial charge in [0.05, 0.1) is 11.1 Å². The Balaban J connectivity index is 1.64. The van der Waals surface area contributed by atoms with Crippen LogP contribution in [0.4, 0.5) is 0 Å². The molecule has 0 atom stereocenters. The van der Waals surface area contributed by atoms with Crippen LogP contribution in [0.5, 0.6) is 0 Å². The predicted molar refractivity (Wildman–Crippen MR) is 120 cm³/mol. The summed E-state index contributed by atoms with van der Waals surface area (Å²) in [6.07, 6.45) is 0. The number of nitrogen functional groups attached to an aromatic ring is 1. The van der Waals surface area contributed by atoms with Gasteiger partial charge in [-0.25, -0.2) is 9.66 Å². The summed E-state index contributed by atoms with van der Waals surface area (Å²) in [6, 6.07) is 15.4. The fraction of sp³-hybridized carbons (Fsp3) is 0.136. The summed E-state index contributed by atoms with van der Waals surface area (Å²) in [6.45, 7) is 3.99. The maximum atomic E-state index is 12.9. The molecule has 0 spiro atoms. The van der Waals surface area contributed by atoms with E-state index in [1.54, 1.807) is 12.1 Å². The molecule has 5 nitrogen and oxygen atoms in total. The number of benzene rings is 2. The second kappa shape index (κ2) is 7.85. The van der Waals surface area contributed by atoms with Gasteiger partial charge in [-0.1, -0.05) is 71.4 Å². The van der Waals surface area contributed by atoms with Crippen molar-refractivity contribution in [1.29, 1.82) is 0 Å². The van der Waals surface area contributed by atoms with E-state index in [4.69, 9.17) is 5.84 Å². The van der Waals surface area contributed by atoms with Gasteiger partial charge in [0, 0.05) is 16.5 Å². The summed E-state index contributed by atoms with van der Waals surface area (Å²) in [7, 11) is 0. The molecule has 0 aliphatic heterocycles. The van der Waals surface area contributed by atoms with Crippen LogP contribution in [-0.2, 0) is 0 Å². The third-order valence-electron chi connectivity index (χ3n) is 4.68. The van der Waals surface area contributed by atoms with Crippen LogP contribution in [-0.4, -0.2) is 21.2 Å². The van der Waals surface area contributed by atoms with E-state index in [-0.39, 0.29) is 17.1 Å². The summed E-state index contributed by atoms with van der Waals surface area (Å²) in [5.74, 6) is 6.17. The number of aryl methyl sites for hydroxylation is 2. The lowest BCUT2D eigenvalue weighted by atomic mass is 10.1. The Kier molecular flexibility index (Phi) is 5.25. The lowest BCUT2D eigenvalue weighted by Gasteiger charge is -2.08. The van der Waals surface area contributed by atoms with Crippen LogP contribution in [0.15, 0.2) is 63.9 Å². The number of Topliss-reactive ketones (excluding diaryl/α,β-unsaturated/α-hetero) is 1. The van der Waals surface area contributed by atoms with E-state index in [1.807, 2.05) is 55.6 Å². The standard InChI is InChI=1S/C22H19N3O2S2/c1-13-3-7-15(8-4-13)17-11-28-20-19(17)21(27)25(23)22(24-20)29-12-18(26)16-9-5-14(2)6-10-16/h3-11H,12,23H2,1-2H3. The molecule has 0 aliphatic carbocycles. The van der Waals surface area contributed by atoms with Crippen molar-refractivity contribution in [3.63, 3.8) is 0 Å². The Labute approximate surface area is 176 Å². The minimum absolute atomic E-state index is 0.0316. The van der Waals surface area contributed by atoms with Crippen molar-refractivity contribution in [3.8, 4) is 11.1 Å². The molecule has 2 aromatic heterocycles. The molecule has 2 N–H and O–H groups in total. The average molecular weight is 422 g/mol. The summed E-state index contributed by atoms with van der Waals surface area (Å²) in [5.41, 5.74) is 4.36. The smallest absolute Gasteiger partial charge is 0.282 e. The fourth-order valence-electron chi connectivity index (χ4n) is 2.98. The maximum Gasteiger partial charge on any atom is 0.282 e. The molecule has 0 fully saturated rings. The highest BCUT2D eigenvalue weighted by Gasteiger charge is 2.17. The summed E-state index contributed by atoms with van der Waals surface area (Å²) < 4.78 is 1.04. The Hall–Kier alpha value is -2.90. The first kappa shape index (κ1) is 19.4. The fourth-order valence-corrected chi connectivity index (χ4v) is 4.79. The monoisotopic (exact) mass is 421 g/mol. The molecular formula is C22H19N3O2S2. The molecule has 0 saturated heterocycles. The van der Waals surface area contributed by atoms with Gasteiger partial charge < -0.3 is 5.84 Å². The highest BCUT2D eigenvalue weighted by atomic mass is 32.2. The van der Waals surface area contributed by atoms with E-state index >= 15 is 0 Å². The minimum Gasteiger partial charge on any atom is -0.334 e. The zero-order valence-corrected chi connectivity index (χ0v) is 17.6. The zero-order chi connectivity index (χ0) is 20.5. The Morgan fingerprint density at radius 1 is 1.07 bits per heavy atom. The number of hydrogen-bond donors (Lipinski definition) is 1. The molecule has 29 heavy (non-hydrogen) atoms. The zero-order valence-electron chi connectivity index (χ0n) is 16.0. The lowest BCUT2D eigenvalue weighted by molar-refractivity contribution is 0.102. The van der Waals surface area contributed by atoms with Gasteiger partial charge in [-0.05, 0) is 19.4 Å². The average Bonchev–Trinajstić information content (AvgIpc) is 3.14. The maximum absolute atomic E-state index is 12.9. The molecule has 0 amide bonds. The number of rotatable bonds is 5. The van der Waals surface area contributed by atoms with E-state index in [0.717, 1.165) is 26.9 Å². The third-order valence-corrected chi connectivity index (χ3v) is 6.50. The quantitative estimate of drug-likeness (QED) is 0.223. The topological polar surface area (TPSA) is 78.0 Å². The Morgan fingerprint density at radius 2 is 1.69 bits per heavy atom. The molecule has 4 rings (SSSR count). The SMILES string of the molecule is Cc1ccc(C(=O)CSc2nc3scc(-c4ccc(C)cc4)c3c(=O)n2N)cc1. The number of fused-ring (bicyclic) bond motifs is 1. The molecule has 4 aromatic rings. The molecule has 146 valence electrons. The first-order valence-corrected chi connectivity index (χ1v) is 10.9. The van der Waals surface area contributed by atoms with Crippen molar-refractivity contribution >= 4 is 39.1 Å². The van der Waals surface area contributed by atoms with Crippen LogP contribution >= 0.6 is 23.1 Å². The predicted octanol–water partition coefficient (Wildman–Crippen LogP) is 4.43. The van der Waals surface area contributed by atoms with Gasteiger partial charge in [0.1, 0.15) is 4.83 Å². The number of hydrogen-bond acceptors (Lipinski definition) is 6. The number of thiophene rings is 1. The summed E-state index contributed by atoms with van der Waals surface area (Å²) >= 11 is 2.58. The second-order valence-electron chi connectivity index (χ2n) is 6.84. The van der Waals surface area contributed by atoms with Gasteiger partial charge in [-0.3, -0.25) is 9.59 Å². The van der Waals surface area contributed by atoms with Crippen molar-refractivity contribution in [2.24, 2.45) is 0 Å². The first-order valence-electron chi connectivity index (χ1n) is 9.03. The second-order valence-corrected chi connectivity index (χ2v) is 8.64. The highest BCUT2D eigenvalue weighted by Crippen LogP contribution is 2.32. The molecule has 0 unspecified atom stereocenters. The van der Waals surface area contributed by atoms with Crippen molar-refractivity contribution in [2.75, 3.05) is 11.6 Å². The van der Waals surface area contributed by atoms with Gasteiger partial charge in [0.25, 0.3) is 5.56 Å². The van der Waals surface area contributed by atoms with Gasteiger partial charge in [0.15, 0.2) is 10.9 Å². The van der Waals surface area contributed by atoms with Crippen LogP contribution in [0.1, 0.15) is 21.5 Å². The molecular weight excluding hydrogens is 402 g/mol. The van der Waals surface area contributed by atoms with Crippen LogP contribution < -0.4 is 11.4 Å². The van der Waals surface area contributed by atoms with Gasteiger partial charge in [-0.2, -0.15) is 0 Å². The minimum atomic E-state index is -0.308. The van der Waals surface area contributed by atoms with E-state index in [9.17, 15) is 9.59 Å². The molecule has 0 saturated carbocycles. The molecule has 2 aromatic carbocycles. The molecule has 0 aliphatic rings. The number of carbonyl (C=O) groups is 1. The Morgan fingerprint density at radius 3 is 2.34 bits per heavy atom. The van der Waals surface area contributed by atoms with Crippen molar-refractivity contribution in [2.45, 2.75) is 19.0 Å². The van der Waals surface area contributed by atoms with E-state index < -0.39 is 0 Å². The van der Waals surface area contributed by atoms with E-state index in [2.05, 4.69) is 4.98 Å². The van der Waals surface area contributed by atoms with Gasteiger partial charge >= 0.3 is 0 Å². The van der Waals surface area contributed by atoms with Crippen molar-refractivity contribution < 1.29 is 4.79 Å². The third kappa shape index (κ3) is 3.83. The van der Waals surface area contributed by atoms with Crippen LogP contribution in [0, 0.1) is 13.8 Å². The van der Waals surface area contributed by atoms with Crippen molar-refractivity contribution in [3.05, 3.63) is 81.0 Å². The first-order chi connectivity index (χ1) is 13.9. The molecule has 2 heterocycles. The number of carbonyl (C=O) groups excluding carboxylic acids is 1. The van der Waals surface area contributed by atoms with E-state index in [0.29, 0.717) is 20.9 Å². The molecule has 7 heteroatoms. The lowest BCUT2D eigenvalue weighted by Crippen LogP contribution is -2.29. The van der Waals surface area contributed by atoms with Crippen molar-refractivity contribution in [1.82, 2.24) is 9.66 Å². The summed E-state index contributed by atoms with van der Waals surface area (Å²) in [4.78, 5) is 30.5. The van der Waals surface area contributed by atoms with Crippen LogP contribution in [0.2, 0.25) is 0 Å². The van der Waals surface area contributed by atoms with Gasteiger partial charge in [-0.15, -0.1) is 11.3 Å². The Bertz CT molecular complexity index is 1260. The number of nitrogens with two attached hydrogens (primary N) is 1. The molecule has 0 radical (unpaired) electrons. The van der Waals surface area contributed by atoms with Gasteiger partial charge in [0.2, 0.25) is 0 Å². The number of thioether (sulfide) groups is 1. The summed E-state index contributed by atoms with van der Waals surface area (Å²) in [5, 5.41) is 2.77. The number of ketones is 1. The largest absolute Gasteiger partial charge is 0.334 e. The van der Waals surface area contributed by atoms with Crippen LogP contribution in [0.3, 0.4) is 0 Å². The number of nitrogens with zero attached hydrogens (tertiary/aromatic N) is 2. The van der Waals surface area contributed by atoms with Crippen LogP contribution in [0.25, 0.3) is 21.3 Å². The molecule has 0 bridgehead atoms. The highest BCUT2D eigenvalue weighted by molar-refractivity contribution is 7.99. The normalized spacial score (nSPS) is 11.1.